The van der Waals surface area contributed by atoms with E-state index in [1.54, 1.807) is 0 Å². The average Bonchev–Trinajstić information content (AvgIpc) is 2.76. The molecule has 0 spiro atoms. The zero-order chi connectivity index (χ0) is 10.9. The molecule has 0 radical (unpaired) electrons. The zero-order valence-corrected chi connectivity index (χ0v) is 9.67. The van der Waals surface area contributed by atoms with Crippen molar-refractivity contribution < 1.29 is 14.3 Å². The van der Waals surface area contributed by atoms with E-state index in [9.17, 15) is 4.79 Å². The smallest absolute Gasteiger partial charge is 0.163 e. The number of carbonyl (C=O) groups excluding carboxylic acids is 1. The highest BCUT2D eigenvalue weighted by Gasteiger charge is 2.22. The van der Waals surface area contributed by atoms with Crippen molar-refractivity contribution in [2.24, 2.45) is 5.92 Å². The van der Waals surface area contributed by atoms with E-state index in [0.29, 0.717) is 6.61 Å². The number of ketones is 1. The fraction of sp³-hybridized carbons (Fsp3) is 0.917. The van der Waals surface area contributed by atoms with E-state index in [1.807, 2.05) is 0 Å². The molecule has 88 valence electrons. The summed E-state index contributed by atoms with van der Waals surface area (Å²) < 4.78 is 10.5. The quantitative estimate of drug-likeness (QED) is 0.581. The molecular weight excluding hydrogens is 192 g/mol. The number of hydrogen-bond acceptors (Lipinski definition) is 3. The highest BCUT2D eigenvalue weighted by Crippen LogP contribution is 2.13. The van der Waals surface area contributed by atoms with Crippen molar-refractivity contribution in [3.63, 3.8) is 0 Å². The lowest BCUT2D eigenvalue weighted by molar-refractivity contribution is -0.127. The Kier molecular flexibility index (Phi) is 6.60. The van der Waals surface area contributed by atoms with Crippen LogP contribution in [0.5, 0.6) is 0 Å². The molecule has 1 aliphatic rings. The summed E-state index contributed by atoms with van der Waals surface area (Å²) in [4.78, 5) is 11.5. The molecule has 15 heavy (non-hydrogen) atoms. The van der Waals surface area contributed by atoms with Crippen molar-refractivity contribution in [2.75, 3.05) is 26.4 Å². The number of hydrogen-bond donors (Lipinski definition) is 0. The summed E-state index contributed by atoms with van der Waals surface area (Å²) in [5.41, 5.74) is 0. The summed E-state index contributed by atoms with van der Waals surface area (Å²) >= 11 is 0. The lowest BCUT2D eigenvalue weighted by atomic mass is 10.0. The molecule has 0 amide bonds. The molecule has 3 nitrogen and oxygen atoms in total. The van der Waals surface area contributed by atoms with Crippen molar-refractivity contribution in [3.8, 4) is 0 Å². The third-order valence-electron chi connectivity index (χ3n) is 2.77. The van der Waals surface area contributed by atoms with Crippen LogP contribution in [0.2, 0.25) is 0 Å². The second-order valence-electron chi connectivity index (χ2n) is 4.14. The number of carbonyl (C=O) groups is 1. The minimum Gasteiger partial charge on any atom is -0.381 e. The number of unbranched alkanes of at least 4 members (excludes halogenated alkanes) is 3. The first kappa shape index (κ1) is 12.7. The largest absolute Gasteiger partial charge is 0.381 e. The minimum absolute atomic E-state index is 0.0978. The highest BCUT2D eigenvalue weighted by atomic mass is 16.5. The van der Waals surface area contributed by atoms with Crippen LogP contribution in [-0.4, -0.2) is 32.2 Å². The molecule has 0 N–H and O–H groups in total. The third-order valence-corrected chi connectivity index (χ3v) is 2.77. The topological polar surface area (TPSA) is 35.5 Å². The molecule has 0 bridgehead atoms. The molecule has 1 saturated heterocycles. The highest BCUT2D eigenvalue weighted by molar-refractivity contribution is 5.82. The predicted molar refractivity (Wildman–Crippen MR) is 58.9 cm³/mol. The molecule has 1 atom stereocenters. The lowest BCUT2D eigenvalue weighted by Crippen LogP contribution is -2.20. The number of rotatable bonds is 8. The van der Waals surface area contributed by atoms with Gasteiger partial charge in [-0.25, -0.2) is 0 Å². The van der Waals surface area contributed by atoms with Crippen molar-refractivity contribution in [2.45, 2.75) is 39.0 Å². The summed E-state index contributed by atoms with van der Waals surface area (Å²) in [6, 6.07) is 0. The van der Waals surface area contributed by atoms with Gasteiger partial charge in [0.25, 0.3) is 0 Å². The van der Waals surface area contributed by atoms with Gasteiger partial charge in [-0.3, -0.25) is 4.79 Å². The predicted octanol–water partition coefficient (Wildman–Crippen LogP) is 2.19. The van der Waals surface area contributed by atoms with Crippen LogP contribution in [0, 0.1) is 5.92 Å². The van der Waals surface area contributed by atoms with Crippen molar-refractivity contribution in [1.29, 1.82) is 0 Å². The molecule has 1 fully saturated rings. The molecule has 0 saturated carbocycles. The van der Waals surface area contributed by atoms with E-state index in [2.05, 4.69) is 6.92 Å². The van der Waals surface area contributed by atoms with Gasteiger partial charge in [0, 0.05) is 19.1 Å². The van der Waals surface area contributed by atoms with E-state index in [-0.39, 0.29) is 18.3 Å². The number of ether oxygens (including phenoxy) is 2. The molecular formula is C12H22O3. The van der Waals surface area contributed by atoms with Crippen molar-refractivity contribution in [1.82, 2.24) is 0 Å². The van der Waals surface area contributed by atoms with Gasteiger partial charge in [-0.1, -0.05) is 26.2 Å². The first-order chi connectivity index (χ1) is 7.34. The van der Waals surface area contributed by atoms with Gasteiger partial charge >= 0.3 is 0 Å². The Morgan fingerprint density at radius 1 is 1.40 bits per heavy atom. The minimum atomic E-state index is 0.0978. The van der Waals surface area contributed by atoms with E-state index < -0.39 is 0 Å². The molecule has 1 rings (SSSR count). The maximum absolute atomic E-state index is 11.5. The van der Waals surface area contributed by atoms with Gasteiger partial charge in [-0.05, 0) is 12.8 Å². The van der Waals surface area contributed by atoms with E-state index in [4.69, 9.17) is 9.47 Å². The molecule has 0 aromatic carbocycles. The van der Waals surface area contributed by atoms with Gasteiger partial charge in [0.05, 0.1) is 6.61 Å². The van der Waals surface area contributed by atoms with Crippen LogP contribution in [0.25, 0.3) is 0 Å². The summed E-state index contributed by atoms with van der Waals surface area (Å²) in [6.45, 7) is 4.51. The lowest BCUT2D eigenvalue weighted by Gasteiger charge is -2.07. The normalized spacial score (nSPS) is 20.7. The van der Waals surface area contributed by atoms with Gasteiger partial charge in [-0.2, -0.15) is 0 Å². The van der Waals surface area contributed by atoms with Gasteiger partial charge in [0.1, 0.15) is 6.61 Å². The SMILES string of the molecule is CCCCCCOCC(=O)C1CCOC1. The summed E-state index contributed by atoms with van der Waals surface area (Å²) in [5, 5.41) is 0. The molecule has 0 aromatic rings. The molecule has 0 aliphatic carbocycles. The molecule has 0 aromatic heterocycles. The first-order valence-electron chi connectivity index (χ1n) is 6.02. The Hall–Kier alpha value is -0.410. The maximum Gasteiger partial charge on any atom is 0.163 e. The summed E-state index contributed by atoms with van der Waals surface area (Å²) in [6.07, 6.45) is 5.64. The average molecular weight is 214 g/mol. The van der Waals surface area contributed by atoms with Crippen LogP contribution in [-0.2, 0) is 14.3 Å². The van der Waals surface area contributed by atoms with Crippen LogP contribution < -0.4 is 0 Å². The maximum atomic E-state index is 11.5. The fourth-order valence-corrected chi connectivity index (χ4v) is 1.71. The Bertz CT molecular complexity index is 174. The van der Waals surface area contributed by atoms with Crippen molar-refractivity contribution in [3.05, 3.63) is 0 Å². The first-order valence-corrected chi connectivity index (χ1v) is 6.02. The monoisotopic (exact) mass is 214 g/mol. The second kappa shape index (κ2) is 7.83. The van der Waals surface area contributed by atoms with E-state index >= 15 is 0 Å². The van der Waals surface area contributed by atoms with Crippen LogP contribution >= 0.6 is 0 Å². The zero-order valence-electron chi connectivity index (χ0n) is 9.67. The summed E-state index contributed by atoms with van der Waals surface area (Å²) in [7, 11) is 0. The standard InChI is InChI=1S/C12H22O3/c1-2-3-4-5-7-14-10-12(13)11-6-8-15-9-11/h11H,2-10H2,1H3. The van der Waals surface area contributed by atoms with Crippen LogP contribution in [0.3, 0.4) is 0 Å². The van der Waals surface area contributed by atoms with Crippen LogP contribution in [0.4, 0.5) is 0 Å². The molecule has 3 heteroatoms. The Labute approximate surface area is 92.1 Å². The fourth-order valence-electron chi connectivity index (χ4n) is 1.71. The van der Waals surface area contributed by atoms with Crippen molar-refractivity contribution >= 4 is 5.78 Å². The van der Waals surface area contributed by atoms with Gasteiger partial charge in [0.2, 0.25) is 0 Å². The van der Waals surface area contributed by atoms with Gasteiger partial charge < -0.3 is 9.47 Å². The van der Waals surface area contributed by atoms with Crippen LogP contribution in [0.15, 0.2) is 0 Å². The van der Waals surface area contributed by atoms with Crippen LogP contribution in [0.1, 0.15) is 39.0 Å². The second-order valence-corrected chi connectivity index (χ2v) is 4.14. The Balaban J connectivity index is 1.92. The van der Waals surface area contributed by atoms with Gasteiger partial charge in [0.15, 0.2) is 5.78 Å². The molecule has 1 unspecified atom stereocenters. The van der Waals surface area contributed by atoms with E-state index in [0.717, 1.165) is 26.1 Å². The molecule has 1 aliphatic heterocycles. The third kappa shape index (κ3) is 5.28. The summed E-state index contributed by atoms with van der Waals surface area (Å²) in [5.74, 6) is 0.309. The molecule has 1 heterocycles. The Morgan fingerprint density at radius 2 is 2.27 bits per heavy atom. The van der Waals surface area contributed by atoms with Gasteiger partial charge in [-0.15, -0.1) is 0 Å². The number of Topliss-reactive ketones (excluding diaryl/α,β-unsaturated/α-hetero) is 1. The Morgan fingerprint density at radius 3 is 2.93 bits per heavy atom. The van der Waals surface area contributed by atoms with E-state index in [1.165, 1.54) is 19.3 Å².